The Hall–Kier alpha value is -0.870. The molecule has 0 bridgehead atoms. The van der Waals surface area contributed by atoms with Gasteiger partial charge in [-0.05, 0) is 50.3 Å². The van der Waals surface area contributed by atoms with Crippen molar-refractivity contribution < 1.29 is 8.42 Å². The van der Waals surface area contributed by atoms with E-state index in [1.807, 2.05) is 32.0 Å². The fourth-order valence-corrected chi connectivity index (χ4v) is 5.56. The van der Waals surface area contributed by atoms with Crippen LogP contribution >= 0.6 is 0 Å². The van der Waals surface area contributed by atoms with Crippen LogP contribution in [-0.4, -0.2) is 26.3 Å². The lowest BCUT2D eigenvalue weighted by atomic mass is 9.87. The van der Waals surface area contributed by atoms with Crippen molar-refractivity contribution in [3.8, 4) is 0 Å². The van der Waals surface area contributed by atoms with Gasteiger partial charge in [-0.2, -0.15) is 0 Å². The summed E-state index contributed by atoms with van der Waals surface area (Å²) in [5.74, 6) is 0.480. The van der Waals surface area contributed by atoms with Gasteiger partial charge >= 0.3 is 0 Å². The molecule has 1 aliphatic rings. The largest absolute Gasteiger partial charge is 0.313 e. The van der Waals surface area contributed by atoms with Gasteiger partial charge in [0, 0.05) is 6.04 Å². The Morgan fingerprint density at radius 2 is 1.95 bits per heavy atom. The van der Waals surface area contributed by atoms with E-state index in [0.29, 0.717) is 10.8 Å². The molecular weight excluding hydrogens is 270 g/mol. The van der Waals surface area contributed by atoms with Crippen molar-refractivity contribution >= 4 is 9.84 Å². The third-order valence-corrected chi connectivity index (χ3v) is 6.71. The Labute approximate surface area is 122 Å². The van der Waals surface area contributed by atoms with E-state index in [2.05, 4.69) is 12.2 Å². The van der Waals surface area contributed by atoms with Crippen molar-refractivity contribution in [1.82, 2.24) is 5.32 Å². The summed E-state index contributed by atoms with van der Waals surface area (Å²) in [4.78, 5) is 0.502. The van der Waals surface area contributed by atoms with E-state index < -0.39 is 9.84 Å². The SMILES string of the molecule is CCNC1CCC(C)CC1S(=O)(=O)c1ccccc1C. The van der Waals surface area contributed by atoms with Gasteiger partial charge in [0.1, 0.15) is 0 Å². The minimum Gasteiger partial charge on any atom is -0.313 e. The minimum atomic E-state index is -3.26. The van der Waals surface area contributed by atoms with Crippen LogP contribution in [0.25, 0.3) is 0 Å². The van der Waals surface area contributed by atoms with Crippen LogP contribution in [0.5, 0.6) is 0 Å². The van der Waals surface area contributed by atoms with Gasteiger partial charge in [-0.25, -0.2) is 8.42 Å². The van der Waals surface area contributed by atoms with Gasteiger partial charge in [0.05, 0.1) is 10.1 Å². The molecule has 2 rings (SSSR count). The summed E-state index contributed by atoms with van der Waals surface area (Å²) < 4.78 is 26.0. The molecule has 1 aliphatic carbocycles. The van der Waals surface area contributed by atoms with E-state index in [0.717, 1.165) is 31.4 Å². The molecule has 1 aromatic rings. The molecule has 0 aromatic heterocycles. The van der Waals surface area contributed by atoms with E-state index in [-0.39, 0.29) is 11.3 Å². The number of benzene rings is 1. The average Bonchev–Trinajstić information content (AvgIpc) is 2.41. The summed E-state index contributed by atoms with van der Waals surface area (Å²) in [6, 6.07) is 7.41. The smallest absolute Gasteiger partial charge is 0.183 e. The first-order chi connectivity index (χ1) is 9.46. The number of hydrogen-bond donors (Lipinski definition) is 1. The molecule has 3 nitrogen and oxygen atoms in total. The zero-order chi connectivity index (χ0) is 14.8. The second-order valence-electron chi connectivity index (χ2n) is 5.93. The van der Waals surface area contributed by atoms with Gasteiger partial charge in [0.2, 0.25) is 0 Å². The van der Waals surface area contributed by atoms with Crippen LogP contribution in [-0.2, 0) is 9.84 Å². The first-order valence-electron chi connectivity index (χ1n) is 7.49. The quantitative estimate of drug-likeness (QED) is 0.929. The van der Waals surface area contributed by atoms with E-state index in [1.165, 1.54) is 0 Å². The number of aryl methyl sites for hydroxylation is 1. The number of nitrogens with one attached hydrogen (secondary N) is 1. The predicted molar refractivity (Wildman–Crippen MR) is 82.6 cm³/mol. The zero-order valence-corrected chi connectivity index (χ0v) is 13.4. The summed E-state index contributed by atoms with van der Waals surface area (Å²) in [7, 11) is -3.26. The van der Waals surface area contributed by atoms with E-state index in [9.17, 15) is 8.42 Å². The topological polar surface area (TPSA) is 46.2 Å². The fourth-order valence-electron chi connectivity index (χ4n) is 3.21. The Morgan fingerprint density at radius 3 is 2.60 bits per heavy atom. The first kappa shape index (κ1) is 15.5. The molecule has 0 saturated heterocycles. The molecule has 1 aromatic carbocycles. The highest BCUT2D eigenvalue weighted by Gasteiger charge is 2.38. The Morgan fingerprint density at radius 1 is 1.25 bits per heavy atom. The second-order valence-corrected chi connectivity index (χ2v) is 8.07. The normalized spacial score (nSPS) is 27.4. The summed E-state index contributed by atoms with van der Waals surface area (Å²) in [5.41, 5.74) is 0.848. The van der Waals surface area contributed by atoms with Crippen LogP contribution in [0.3, 0.4) is 0 Å². The molecule has 20 heavy (non-hydrogen) atoms. The van der Waals surface area contributed by atoms with Crippen molar-refractivity contribution in [3.63, 3.8) is 0 Å². The molecule has 3 atom stereocenters. The van der Waals surface area contributed by atoms with Gasteiger partial charge in [0.15, 0.2) is 9.84 Å². The van der Waals surface area contributed by atoms with Crippen LogP contribution in [0.1, 0.15) is 38.7 Å². The van der Waals surface area contributed by atoms with Gasteiger partial charge in [-0.1, -0.05) is 32.0 Å². The van der Waals surface area contributed by atoms with Crippen LogP contribution in [0.4, 0.5) is 0 Å². The molecule has 0 spiro atoms. The van der Waals surface area contributed by atoms with E-state index in [4.69, 9.17) is 0 Å². The minimum absolute atomic E-state index is 0.0841. The fraction of sp³-hybridized carbons (Fsp3) is 0.625. The highest BCUT2D eigenvalue weighted by Crippen LogP contribution is 2.33. The molecule has 1 N–H and O–H groups in total. The molecule has 3 unspecified atom stereocenters. The summed E-state index contributed by atoms with van der Waals surface area (Å²) in [5, 5.41) is 3.07. The Balaban J connectivity index is 2.37. The highest BCUT2D eigenvalue weighted by molar-refractivity contribution is 7.92. The predicted octanol–water partition coefficient (Wildman–Crippen LogP) is 2.94. The molecule has 0 radical (unpaired) electrons. The maximum atomic E-state index is 13.0. The number of sulfone groups is 1. The van der Waals surface area contributed by atoms with Crippen molar-refractivity contribution in [3.05, 3.63) is 29.8 Å². The standard InChI is InChI=1S/C16H25NO2S/c1-4-17-14-10-9-12(2)11-16(14)20(18,19)15-8-6-5-7-13(15)3/h5-8,12,14,16-17H,4,9-11H2,1-3H3. The third kappa shape index (κ3) is 3.07. The zero-order valence-electron chi connectivity index (χ0n) is 12.6. The summed E-state index contributed by atoms with van der Waals surface area (Å²) >= 11 is 0. The molecule has 0 aliphatic heterocycles. The van der Waals surface area contributed by atoms with Crippen molar-refractivity contribution in [1.29, 1.82) is 0 Å². The number of hydrogen-bond acceptors (Lipinski definition) is 3. The van der Waals surface area contributed by atoms with Crippen molar-refractivity contribution in [2.24, 2.45) is 5.92 Å². The lowest BCUT2D eigenvalue weighted by Crippen LogP contribution is -2.47. The van der Waals surface area contributed by atoms with Crippen LogP contribution in [0.2, 0.25) is 0 Å². The molecule has 112 valence electrons. The lowest BCUT2D eigenvalue weighted by Gasteiger charge is -2.35. The number of rotatable bonds is 4. The first-order valence-corrected chi connectivity index (χ1v) is 9.04. The van der Waals surface area contributed by atoms with Crippen molar-refractivity contribution in [2.45, 2.75) is 56.2 Å². The van der Waals surface area contributed by atoms with Crippen LogP contribution in [0.15, 0.2) is 29.2 Å². The monoisotopic (exact) mass is 295 g/mol. The Bertz CT molecular complexity index is 553. The average molecular weight is 295 g/mol. The molecule has 1 saturated carbocycles. The molecule has 0 amide bonds. The maximum Gasteiger partial charge on any atom is 0.183 e. The molecule has 1 fully saturated rings. The van der Waals surface area contributed by atoms with Crippen LogP contribution < -0.4 is 5.32 Å². The Kier molecular flexibility index (Phi) is 4.86. The molecular formula is C16H25NO2S. The lowest BCUT2D eigenvalue weighted by molar-refractivity contribution is 0.311. The van der Waals surface area contributed by atoms with E-state index in [1.54, 1.807) is 6.07 Å². The second kappa shape index (κ2) is 6.27. The highest BCUT2D eigenvalue weighted by atomic mass is 32.2. The summed E-state index contributed by atoms with van der Waals surface area (Å²) in [6.07, 6.45) is 2.82. The van der Waals surface area contributed by atoms with Gasteiger partial charge in [-0.15, -0.1) is 0 Å². The third-order valence-electron chi connectivity index (χ3n) is 4.32. The van der Waals surface area contributed by atoms with Crippen LogP contribution in [0, 0.1) is 12.8 Å². The summed E-state index contributed by atoms with van der Waals surface area (Å²) in [6.45, 7) is 6.89. The molecule has 4 heteroatoms. The van der Waals surface area contributed by atoms with Gasteiger partial charge in [0.25, 0.3) is 0 Å². The van der Waals surface area contributed by atoms with Crippen molar-refractivity contribution in [2.75, 3.05) is 6.54 Å². The molecule has 0 heterocycles. The maximum absolute atomic E-state index is 13.0. The van der Waals surface area contributed by atoms with E-state index >= 15 is 0 Å². The van der Waals surface area contributed by atoms with Gasteiger partial charge in [-0.3, -0.25) is 0 Å². The van der Waals surface area contributed by atoms with Gasteiger partial charge < -0.3 is 5.32 Å².